The number of carbonyl (C=O) groups excluding carboxylic acids is 1. The maximum absolute atomic E-state index is 12.2. The quantitative estimate of drug-likeness (QED) is 0.390. The number of anilines is 1. The number of para-hydroxylation sites is 1. The SMILES string of the molecule is COc1cc(/C=C/C(=O)Nc2ccccc2C(O)O)ccc1OCc1cnn(C)c1. The molecule has 0 saturated heterocycles. The van der Waals surface area contributed by atoms with E-state index in [-0.39, 0.29) is 5.56 Å². The first-order valence-corrected chi connectivity index (χ1v) is 9.18. The highest BCUT2D eigenvalue weighted by Gasteiger charge is 2.10. The number of methoxy groups -OCH3 is 1. The normalized spacial score (nSPS) is 11.1. The summed E-state index contributed by atoms with van der Waals surface area (Å²) < 4.78 is 12.9. The fourth-order valence-electron chi connectivity index (χ4n) is 2.80. The molecule has 0 unspecified atom stereocenters. The Morgan fingerprint density at radius 3 is 2.73 bits per heavy atom. The zero-order chi connectivity index (χ0) is 21.5. The Morgan fingerprint density at radius 1 is 1.23 bits per heavy atom. The van der Waals surface area contributed by atoms with Crippen molar-refractivity contribution in [2.75, 3.05) is 12.4 Å². The molecule has 1 heterocycles. The summed E-state index contributed by atoms with van der Waals surface area (Å²) >= 11 is 0. The zero-order valence-electron chi connectivity index (χ0n) is 16.6. The van der Waals surface area contributed by atoms with E-state index < -0.39 is 12.2 Å². The Bertz CT molecular complexity index is 1040. The second-order valence-electron chi connectivity index (χ2n) is 6.50. The molecule has 3 rings (SSSR count). The number of carbonyl (C=O) groups is 1. The lowest BCUT2D eigenvalue weighted by molar-refractivity contribution is -0.111. The van der Waals surface area contributed by atoms with Gasteiger partial charge >= 0.3 is 0 Å². The number of aliphatic hydroxyl groups is 2. The molecule has 2 aromatic carbocycles. The zero-order valence-corrected chi connectivity index (χ0v) is 16.6. The van der Waals surface area contributed by atoms with Crippen LogP contribution in [0.25, 0.3) is 6.08 Å². The van der Waals surface area contributed by atoms with E-state index in [9.17, 15) is 15.0 Å². The summed E-state index contributed by atoms with van der Waals surface area (Å²) in [6.45, 7) is 0.359. The van der Waals surface area contributed by atoms with E-state index in [1.807, 2.05) is 13.2 Å². The molecule has 156 valence electrons. The van der Waals surface area contributed by atoms with E-state index in [0.717, 1.165) is 11.1 Å². The number of hydrogen-bond donors (Lipinski definition) is 3. The van der Waals surface area contributed by atoms with Gasteiger partial charge in [0.05, 0.1) is 13.3 Å². The summed E-state index contributed by atoms with van der Waals surface area (Å²) in [6, 6.07) is 11.8. The van der Waals surface area contributed by atoms with Gasteiger partial charge in [0.2, 0.25) is 5.91 Å². The topological polar surface area (TPSA) is 106 Å². The van der Waals surface area contributed by atoms with Crippen LogP contribution >= 0.6 is 0 Å². The van der Waals surface area contributed by atoms with Gasteiger partial charge in [-0.3, -0.25) is 9.48 Å². The molecule has 0 bridgehead atoms. The molecule has 30 heavy (non-hydrogen) atoms. The molecule has 3 aromatic rings. The molecule has 0 aliphatic rings. The van der Waals surface area contributed by atoms with Gasteiger partial charge in [0.1, 0.15) is 6.61 Å². The van der Waals surface area contributed by atoms with Crippen LogP contribution in [-0.4, -0.2) is 33.0 Å². The smallest absolute Gasteiger partial charge is 0.248 e. The van der Waals surface area contributed by atoms with Gasteiger partial charge in [-0.1, -0.05) is 24.3 Å². The predicted octanol–water partition coefficient (Wildman–Crippen LogP) is 2.64. The molecule has 8 heteroatoms. The lowest BCUT2D eigenvalue weighted by Gasteiger charge is -2.11. The van der Waals surface area contributed by atoms with Crippen molar-refractivity contribution in [1.29, 1.82) is 0 Å². The molecule has 0 radical (unpaired) electrons. The number of aryl methyl sites for hydroxylation is 1. The van der Waals surface area contributed by atoms with E-state index in [0.29, 0.717) is 23.8 Å². The molecule has 0 aliphatic heterocycles. The summed E-state index contributed by atoms with van der Waals surface area (Å²) in [5.74, 6) is 0.711. The highest BCUT2D eigenvalue weighted by molar-refractivity contribution is 6.02. The summed E-state index contributed by atoms with van der Waals surface area (Å²) in [5.41, 5.74) is 2.23. The van der Waals surface area contributed by atoms with Gasteiger partial charge in [0.25, 0.3) is 0 Å². The van der Waals surface area contributed by atoms with Crippen molar-refractivity contribution in [3.8, 4) is 11.5 Å². The van der Waals surface area contributed by atoms with Crippen LogP contribution in [0.4, 0.5) is 5.69 Å². The summed E-state index contributed by atoms with van der Waals surface area (Å²) in [7, 11) is 3.38. The second-order valence-corrected chi connectivity index (χ2v) is 6.50. The highest BCUT2D eigenvalue weighted by Crippen LogP contribution is 2.29. The van der Waals surface area contributed by atoms with Crippen molar-refractivity contribution in [3.63, 3.8) is 0 Å². The Labute approximate surface area is 174 Å². The summed E-state index contributed by atoms with van der Waals surface area (Å²) in [5, 5.41) is 25.5. The van der Waals surface area contributed by atoms with Crippen LogP contribution in [0.2, 0.25) is 0 Å². The molecule has 0 spiro atoms. The monoisotopic (exact) mass is 409 g/mol. The first-order chi connectivity index (χ1) is 14.5. The number of amides is 1. The number of nitrogens with one attached hydrogen (secondary N) is 1. The molecule has 1 aromatic heterocycles. The van der Waals surface area contributed by atoms with Gasteiger partial charge in [-0.05, 0) is 29.8 Å². The van der Waals surface area contributed by atoms with Gasteiger partial charge in [-0.15, -0.1) is 0 Å². The van der Waals surface area contributed by atoms with Gasteiger partial charge in [-0.25, -0.2) is 0 Å². The Balaban J connectivity index is 1.66. The molecular weight excluding hydrogens is 386 g/mol. The van der Waals surface area contributed by atoms with Crippen LogP contribution < -0.4 is 14.8 Å². The minimum absolute atomic E-state index is 0.219. The van der Waals surface area contributed by atoms with Crippen molar-refractivity contribution in [2.24, 2.45) is 7.05 Å². The molecule has 0 aliphatic carbocycles. The van der Waals surface area contributed by atoms with Crippen molar-refractivity contribution >= 4 is 17.7 Å². The van der Waals surface area contributed by atoms with Crippen molar-refractivity contribution < 1.29 is 24.5 Å². The van der Waals surface area contributed by atoms with Crippen LogP contribution in [0, 0.1) is 0 Å². The Morgan fingerprint density at radius 2 is 2.03 bits per heavy atom. The van der Waals surface area contributed by atoms with Crippen LogP contribution in [0.1, 0.15) is 23.0 Å². The van der Waals surface area contributed by atoms with Gasteiger partial charge in [0, 0.05) is 36.1 Å². The predicted molar refractivity (Wildman–Crippen MR) is 112 cm³/mol. The minimum atomic E-state index is -1.67. The summed E-state index contributed by atoms with van der Waals surface area (Å²) in [4.78, 5) is 12.2. The number of nitrogens with zero attached hydrogens (tertiary/aromatic N) is 2. The minimum Gasteiger partial charge on any atom is -0.493 e. The van der Waals surface area contributed by atoms with Gasteiger partial charge in [0.15, 0.2) is 17.8 Å². The number of aliphatic hydroxyl groups excluding tert-OH is 1. The first kappa shape index (κ1) is 21.1. The standard InChI is InChI=1S/C22H23N3O5/c1-25-13-16(12-23-25)14-30-19-9-7-15(11-20(19)29-2)8-10-21(26)24-18-6-4-3-5-17(18)22(27)28/h3-13,22,27-28H,14H2,1-2H3,(H,24,26)/b10-8+. The third-order valence-corrected chi connectivity index (χ3v) is 4.26. The average Bonchev–Trinajstić information content (AvgIpc) is 3.16. The molecule has 8 nitrogen and oxygen atoms in total. The maximum Gasteiger partial charge on any atom is 0.248 e. The molecule has 1 amide bonds. The first-order valence-electron chi connectivity index (χ1n) is 9.18. The molecule has 0 saturated carbocycles. The van der Waals surface area contributed by atoms with Crippen LogP contribution in [-0.2, 0) is 18.4 Å². The highest BCUT2D eigenvalue weighted by atomic mass is 16.5. The number of ether oxygens (including phenoxy) is 2. The number of aromatic nitrogens is 2. The van der Waals surface area contributed by atoms with Crippen LogP contribution in [0.5, 0.6) is 11.5 Å². The largest absolute Gasteiger partial charge is 0.493 e. The second kappa shape index (κ2) is 9.73. The lowest BCUT2D eigenvalue weighted by Crippen LogP contribution is -2.11. The fraction of sp³-hybridized carbons (Fsp3) is 0.182. The van der Waals surface area contributed by atoms with Crippen molar-refractivity contribution in [2.45, 2.75) is 12.9 Å². The Kier molecular flexibility index (Phi) is 6.84. The van der Waals surface area contributed by atoms with Gasteiger partial charge < -0.3 is 25.0 Å². The third-order valence-electron chi connectivity index (χ3n) is 4.26. The van der Waals surface area contributed by atoms with E-state index in [4.69, 9.17) is 9.47 Å². The molecule has 0 fully saturated rings. The van der Waals surface area contributed by atoms with E-state index in [2.05, 4.69) is 10.4 Å². The number of benzene rings is 2. The molecule has 0 atom stereocenters. The third kappa shape index (κ3) is 5.47. The average molecular weight is 409 g/mol. The fourth-order valence-corrected chi connectivity index (χ4v) is 2.80. The van der Waals surface area contributed by atoms with E-state index in [1.165, 1.54) is 12.1 Å². The Hall–Kier alpha value is -3.62. The maximum atomic E-state index is 12.2. The van der Waals surface area contributed by atoms with Crippen LogP contribution in [0.15, 0.2) is 60.9 Å². The summed E-state index contributed by atoms with van der Waals surface area (Å²) in [6.07, 6.45) is 4.91. The van der Waals surface area contributed by atoms with Crippen molar-refractivity contribution in [3.05, 3.63) is 77.6 Å². The molecular formula is C22H23N3O5. The van der Waals surface area contributed by atoms with Crippen molar-refractivity contribution in [1.82, 2.24) is 9.78 Å². The molecule has 3 N–H and O–H groups in total. The lowest BCUT2D eigenvalue weighted by atomic mass is 10.1. The van der Waals surface area contributed by atoms with E-state index >= 15 is 0 Å². The van der Waals surface area contributed by atoms with Crippen LogP contribution in [0.3, 0.4) is 0 Å². The number of rotatable bonds is 8. The van der Waals surface area contributed by atoms with E-state index in [1.54, 1.807) is 60.5 Å². The van der Waals surface area contributed by atoms with Gasteiger partial charge in [-0.2, -0.15) is 5.10 Å². The number of hydrogen-bond acceptors (Lipinski definition) is 6.